The van der Waals surface area contributed by atoms with Crippen LogP contribution in [-0.4, -0.2) is 32.7 Å². The molecule has 2 rings (SSSR count). The van der Waals surface area contributed by atoms with Gasteiger partial charge in [-0.15, -0.1) is 0 Å². The summed E-state index contributed by atoms with van der Waals surface area (Å²) in [5.41, 5.74) is 0.594. The fourth-order valence-corrected chi connectivity index (χ4v) is 2.08. The van der Waals surface area contributed by atoms with Gasteiger partial charge in [0.25, 0.3) is 5.91 Å². The summed E-state index contributed by atoms with van der Waals surface area (Å²) in [7, 11) is 2.82. The maximum atomic E-state index is 11.9. The highest BCUT2D eigenvalue weighted by Gasteiger charge is 2.12. The highest BCUT2D eigenvalue weighted by Crippen LogP contribution is 2.21. The maximum Gasteiger partial charge on any atom is 0.339 e. The first kappa shape index (κ1) is 17.6. The highest BCUT2D eigenvalue weighted by atomic mass is 35.5. The Morgan fingerprint density at radius 2 is 1.71 bits per heavy atom. The topological polar surface area (TPSA) is 73.9 Å². The Bertz CT molecular complexity index is 730. The van der Waals surface area contributed by atoms with Crippen molar-refractivity contribution in [2.24, 2.45) is 0 Å². The summed E-state index contributed by atoms with van der Waals surface area (Å²) in [6.45, 7) is -0.178. The second-order valence-electron chi connectivity index (χ2n) is 4.70. The summed E-state index contributed by atoms with van der Waals surface area (Å²) in [5, 5.41) is 2.87. The number of hydrogen-bond acceptors (Lipinski definition) is 5. The molecule has 0 aliphatic carbocycles. The summed E-state index contributed by atoms with van der Waals surface area (Å²) < 4.78 is 15.0. The lowest BCUT2D eigenvalue weighted by molar-refractivity contribution is -0.118. The van der Waals surface area contributed by atoms with E-state index in [1.54, 1.807) is 37.4 Å². The third-order valence-electron chi connectivity index (χ3n) is 3.08. The molecule has 2 aromatic carbocycles. The Kier molecular flexibility index (Phi) is 6.03. The maximum absolute atomic E-state index is 11.9. The van der Waals surface area contributed by atoms with Crippen LogP contribution in [0.2, 0.25) is 5.02 Å². The van der Waals surface area contributed by atoms with Gasteiger partial charge in [0.2, 0.25) is 0 Å². The fraction of sp³-hybridized carbons (Fsp3) is 0.176. The summed E-state index contributed by atoms with van der Waals surface area (Å²) in [6.07, 6.45) is 0. The van der Waals surface area contributed by atoms with Crippen molar-refractivity contribution in [3.05, 3.63) is 53.1 Å². The smallest absolute Gasteiger partial charge is 0.339 e. The minimum Gasteiger partial charge on any atom is -0.497 e. The van der Waals surface area contributed by atoms with Crippen molar-refractivity contribution in [1.82, 2.24) is 0 Å². The molecule has 7 heteroatoms. The van der Waals surface area contributed by atoms with E-state index in [9.17, 15) is 9.59 Å². The molecule has 6 nitrogen and oxygen atoms in total. The number of hydrogen-bond donors (Lipinski definition) is 1. The number of amides is 1. The van der Waals surface area contributed by atoms with E-state index < -0.39 is 5.97 Å². The molecule has 0 atom stereocenters. The Hall–Kier alpha value is -2.73. The molecule has 0 saturated carbocycles. The number of halogens is 1. The number of methoxy groups -OCH3 is 2. The molecule has 0 heterocycles. The summed E-state index contributed by atoms with van der Waals surface area (Å²) in [4.78, 5) is 23.5. The molecule has 126 valence electrons. The predicted octanol–water partition coefficient (Wildman–Crippen LogP) is 3.15. The van der Waals surface area contributed by atoms with Crippen molar-refractivity contribution >= 4 is 29.2 Å². The van der Waals surface area contributed by atoms with Crippen LogP contribution in [0.5, 0.6) is 11.5 Å². The van der Waals surface area contributed by atoms with Gasteiger partial charge < -0.3 is 19.5 Å². The number of rotatable bonds is 6. The molecule has 1 amide bonds. The van der Waals surface area contributed by atoms with Crippen LogP contribution < -0.4 is 14.8 Å². The van der Waals surface area contributed by atoms with Gasteiger partial charge in [0, 0.05) is 5.69 Å². The highest BCUT2D eigenvalue weighted by molar-refractivity contribution is 6.33. The van der Waals surface area contributed by atoms with Crippen LogP contribution in [0.25, 0.3) is 0 Å². The molecule has 0 aliphatic rings. The molecule has 0 aliphatic heterocycles. The van der Waals surface area contributed by atoms with E-state index in [1.807, 2.05) is 0 Å². The van der Waals surface area contributed by atoms with E-state index in [-0.39, 0.29) is 23.1 Å². The average molecular weight is 350 g/mol. The van der Waals surface area contributed by atoms with Gasteiger partial charge in [-0.05, 0) is 42.5 Å². The number of nitrogens with one attached hydrogen (secondary N) is 1. The van der Waals surface area contributed by atoms with Gasteiger partial charge in [-0.25, -0.2) is 4.79 Å². The Balaban J connectivity index is 1.95. The molecule has 24 heavy (non-hydrogen) atoms. The molecule has 1 N–H and O–H groups in total. The van der Waals surface area contributed by atoms with E-state index in [4.69, 9.17) is 21.1 Å². The van der Waals surface area contributed by atoms with Gasteiger partial charge in [0.1, 0.15) is 11.5 Å². The number of benzene rings is 2. The largest absolute Gasteiger partial charge is 0.497 e. The Morgan fingerprint density at radius 1 is 1.04 bits per heavy atom. The van der Waals surface area contributed by atoms with E-state index in [2.05, 4.69) is 10.1 Å². The number of anilines is 1. The van der Waals surface area contributed by atoms with E-state index >= 15 is 0 Å². The van der Waals surface area contributed by atoms with Crippen molar-refractivity contribution in [2.75, 3.05) is 26.1 Å². The van der Waals surface area contributed by atoms with Crippen molar-refractivity contribution in [2.45, 2.75) is 0 Å². The molecule has 0 radical (unpaired) electrons. The van der Waals surface area contributed by atoms with Crippen LogP contribution in [0, 0.1) is 0 Å². The van der Waals surface area contributed by atoms with Crippen molar-refractivity contribution in [3.63, 3.8) is 0 Å². The van der Waals surface area contributed by atoms with Crippen LogP contribution in [-0.2, 0) is 9.53 Å². The molecule has 0 aromatic heterocycles. The van der Waals surface area contributed by atoms with Gasteiger partial charge in [-0.3, -0.25) is 4.79 Å². The molecule has 0 bridgehead atoms. The molecule has 0 saturated heterocycles. The van der Waals surface area contributed by atoms with Gasteiger partial charge in [-0.1, -0.05) is 11.6 Å². The van der Waals surface area contributed by atoms with Gasteiger partial charge >= 0.3 is 5.97 Å². The van der Waals surface area contributed by atoms with Gasteiger partial charge in [0.15, 0.2) is 6.61 Å². The first-order valence-corrected chi connectivity index (χ1v) is 7.36. The zero-order valence-electron chi connectivity index (χ0n) is 13.2. The second kappa shape index (κ2) is 8.21. The third kappa shape index (κ3) is 4.63. The lowest BCUT2D eigenvalue weighted by Crippen LogP contribution is -2.20. The molecular formula is C17H16ClNO5. The molecule has 2 aromatic rings. The molecular weight excluding hydrogens is 334 g/mol. The van der Waals surface area contributed by atoms with Crippen LogP contribution in [0.4, 0.5) is 5.69 Å². The fourth-order valence-electron chi connectivity index (χ4n) is 1.89. The minimum atomic E-state index is -0.578. The second-order valence-corrected chi connectivity index (χ2v) is 5.11. The SMILES string of the molecule is COC(=O)c1cc(NC(=O)COc2ccc(OC)cc2)ccc1Cl. The summed E-state index contributed by atoms with van der Waals surface area (Å²) in [5.74, 6) is 0.287. The zero-order chi connectivity index (χ0) is 17.5. The van der Waals surface area contributed by atoms with Crippen LogP contribution in [0.1, 0.15) is 10.4 Å². The van der Waals surface area contributed by atoms with E-state index in [1.165, 1.54) is 19.2 Å². The van der Waals surface area contributed by atoms with E-state index in [0.29, 0.717) is 17.2 Å². The predicted molar refractivity (Wildman–Crippen MR) is 89.9 cm³/mol. The third-order valence-corrected chi connectivity index (χ3v) is 3.41. The van der Waals surface area contributed by atoms with Crippen molar-refractivity contribution in [3.8, 4) is 11.5 Å². The number of carbonyl (C=O) groups excluding carboxylic acids is 2. The summed E-state index contributed by atoms with van der Waals surface area (Å²) in [6, 6.07) is 11.4. The van der Waals surface area contributed by atoms with Gasteiger partial charge in [-0.2, -0.15) is 0 Å². The van der Waals surface area contributed by atoms with Crippen molar-refractivity contribution < 1.29 is 23.8 Å². The lowest BCUT2D eigenvalue weighted by atomic mass is 10.2. The zero-order valence-corrected chi connectivity index (χ0v) is 13.9. The lowest BCUT2D eigenvalue weighted by Gasteiger charge is -2.09. The van der Waals surface area contributed by atoms with Gasteiger partial charge in [0.05, 0.1) is 24.8 Å². The standard InChI is InChI=1S/C17H16ClNO5/c1-22-12-4-6-13(7-5-12)24-10-16(20)19-11-3-8-15(18)14(9-11)17(21)23-2/h3-9H,10H2,1-2H3,(H,19,20). The van der Waals surface area contributed by atoms with Crippen molar-refractivity contribution in [1.29, 1.82) is 0 Å². The van der Waals surface area contributed by atoms with Crippen LogP contribution in [0.15, 0.2) is 42.5 Å². The Morgan fingerprint density at radius 3 is 2.33 bits per heavy atom. The normalized spacial score (nSPS) is 9.96. The Labute approximate surface area is 144 Å². The number of carbonyl (C=O) groups is 2. The number of ether oxygens (including phenoxy) is 3. The molecule has 0 spiro atoms. The summed E-state index contributed by atoms with van der Waals surface area (Å²) >= 11 is 5.92. The number of esters is 1. The van der Waals surface area contributed by atoms with E-state index in [0.717, 1.165) is 0 Å². The van der Waals surface area contributed by atoms with Crippen LogP contribution >= 0.6 is 11.6 Å². The first-order valence-electron chi connectivity index (χ1n) is 6.98. The molecule has 0 unspecified atom stereocenters. The first-order chi connectivity index (χ1) is 11.5. The molecule has 0 fully saturated rings. The minimum absolute atomic E-state index is 0.174. The quantitative estimate of drug-likeness (QED) is 0.811. The monoisotopic (exact) mass is 349 g/mol. The van der Waals surface area contributed by atoms with Crippen LogP contribution in [0.3, 0.4) is 0 Å². The average Bonchev–Trinajstić information content (AvgIpc) is 2.61.